The number of pyridine rings is 1. The van der Waals surface area contributed by atoms with E-state index in [1.165, 1.54) is 17.3 Å². The van der Waals surface area contributed by atoms with E-state index in [2.05, 4.69) is 40.5 Å². The smallest absolute Gasteiger partial charge is 0.274 e. The van der Waals surface area contributed by atoms with Gasteiger partial charge < -0.3 is 14.8 Å². The van der Waals surface area contributed by atoms with Gasteiger partial charge in [-0.25, -0.2) is 0 Å². The number of anilines is 1. The van der Waals surface area contributed by atoms with Crippen LogP contribution >= 0.6 is 11.8 Å². The maximum absolute atomic E-state index is 12.9. The van der Waals surface area contributed by atoms with Crippen LogP contribution in [0.4, 0.5) is 5.69 Å². The molecule has 1 amide bonds. The fourth-order valence-corrected chi connectivity index (χ4v) is 5.13. The zero-order chi connectivity index (χ0) is 20.2. The summed E-state index contributed by atoms with van der Waals surface area (Å²) in [6.07, 6.45) is 5.32. The Morgan fingerprint density at radius 2 is 1.97 bits per heavy atom. The van der Waals surface area contributed by atoms with Crippen molar-refractivity contribution in [1.29, 1.82) is 0 Å². The number of aromatic nitrogens is 1. The zero-order valence-electron chi connectivity index (χ0n) is 17.0. The first kappa shape index (κ1) is 20.2. The van der Waals surface area contributed by atoms with Crippen molar-refractivity contribution in [3.05, 3.63) is 64.1 Å². The lowest BCUT2D eigenvalue weighted by Crippen LogP contribution is -2.47. The molecule has 1 aromatic heterocycles. The molecular formula is C23H29N3O2S. The molecule has 3 heterocycles. The molecular weight excluding hydrogens is 382 g/mol. The number of hydrogen-bond donors (Lipinski definition) is 1. The van der Waals surface area contributed by atoms with Gasteiger partial charge in [0.05, 0.1) is 5.75 Å². The van der Waals surface area contributed by atoms with Crippen LogP contribution < -0.4 is 10.9 Å². The number of amides is 1. The van der Waals surface area contributed by atoms with E-state index in [0.717, 1.165) is 51.1 Å². The Morgan fingerprint density at radius 1 is 1.14 bits per heavy atom. The Hall–Kier alpha value is -2.05. The number of aryl methyl sites for hydroxylation is 1. The van der Waals surface area contributed by atoms with Crippen molar-refractivity contribution >= 4 is 23.4 Å². The predicted octanol–water partition coefficient (Wildman–Crippen LogP) is 3.20. The lowest BCUT2D eigenvalue weighted by atomic mass is 9.83. The van der Waals surface area contributed by atoms with E-state index in [-0.39, 0.29) is 11.5 Å². The van der Waals surface area contributed by atoms with Gasteiger partial charge in [0.1, 0.15) is 5.69 Å². The molecule has 6 heteroatoms. The summed E-state index contributed by atoms with van der Waals surface area (Å²) in [7, 11) is 0. The molecule has 1 saturated heterocycles. The molecule has 0 spiro atoms. The summed E-state index contributed by atoms with van der Waals surface area (Å²) in [5, 5.41) is 2.78. The van der Waals surface area contributed by atoms with Gasteiger partial charge in [-0.05, 0) is 55.7 Å². The van der Waals surface area contributed by atoms with E-state index in [1.807, 2.05) is 16.9 Å². The highest BCUT2D eigenvalue weighted by atomic mass is 32.2. The summed E-state index contributed by atoms with van der Waals surface area (Å²) in [4.78, 5) is 27.4. The molecule has 2 aliphatic rings. The standard InChI is InChI=1S/C23H29N3O2S/c1-29-16-22(27)24-20-9-10-21-19-12-18(14-26(21)23(20)28)13-25(15-19)11-5-8-17-6-3-2-4-7-17/h2-4,6-7,9-10,18-19H,5,8,11-16H2,1H3,(H,24,27)/t18-,19+/m0/s1. The van der Waals surface area contributed by atoms with Gasteiger partial charge >= 0.3 is 0 Å². The topological polar surface area (TPSA) is 54.3 Å². The maximum atomic E-state index is 12.9. The predicted molar refractivity (Wildman–Crippen MR) is 120 cm³/mol. The van der Waals surface area contributed by atoms with Crippen molar-refractivity contribution in [2.45, 2.75) is 31.7 Å². The third-order valence-electron chi connectivity index (χ3n) is 6.01. The highest BCUT2D eigenvalue weighted by molar-refractivity contribution is 7.99. The zero-order valence-corrected chi connectivity index (χ0v) is 17.8. The Morgan fingerprint density at radius 3 is 2.76 bits per heavy atom. The van der Waals surface area contributed by atoms with Gasteiger partial charge in [-0.1, -0.05) is 30.3 Å². The number of nitrogens with one attached hydrogen (secondary N) is 1. The number of benzene rings is 1. The van der Waals surface area contributed by atoms with E-state index in [9.17, 15) is 9.59 Å². The molecule has 0 radical (unpaired) electrons. The Labute approximate surface area is 176 Å². The van der Waals surface area contributed by atoms with E-state index in [0.29, 0.717) is 23.3 Å². The van der Waals surface area contributed by atoms with Crippen LogP contribution in [0.15, 0.2) is 47.3 Å². The molecule has 0 saturated carbocycles. The van der Waals surface area contributed by atoms with Gasteiger partial charge in [-0.3, -0.25) is 9.59 Å². The molecule has 5 nitrogen and oxygen atoms in total. The summed E-state index contributed by atoms with van der Waals surface area (Å²) in [6, 6.07) is 14.5. The van der Waals surface area contributed by atoms with Crippen molar-refractivity contribution in [3.8, 4) is 0 Å². The van der Waals surface area contributed by atoms with Crippen LogP contribution in [0.25, 0.3) is 0 Å². The van der Waals surface area contributed by atoms with Gasteiger partial charge in [0.2, 0.25) is 5.91 Å². The number of piperidine rings is 1. The second-order valence-corrected chi connectivity index (χ2v) is 9.08. The van der Waals surface area contributed by atoms with E-state index >= 15 is 0 Å². The van der Waals surface area contributed by atoms with Crippen molar-refractivity contribution in [1.82, 2.24) is 9.47 Å². The van der Waals surface area contributed by atoms with Crippen LogP contribution in [-0.4, -0.2) is 47.0 Å². The van der Waals surface area contributed by atoms with Crippen molar-refractivity contribution in [2.24, 2.45) is 5.92 Å². The van der Waals surface area contributed by atoms with Crippen LogP contribution in [0, 0.1) is 5.92 Å². The Balaban J connectivity index is 1.41. The number of likely N-dealkylation sites (tertiary alicyclic amines) is 1. The van der Waals surface area contributed by atoms with Crippen LogP contribution in [-0.2, 0) is 17.8 Å². The molecule has 1 N–H and O–H groups in total. The van der Waals surface area contributed by atoms with Gasteiger partial charge in [-0.15, -0.1) is 0 Å². The summed E-state index contributed by atoms with van der Waals surface area (Å²) >= 11 is 1.46. The molecule has 1 fully saturated rings. The lowest BCUT2D eigenvalue weighted by molar-refractivity contribution is -0.113. The first-order chi connectivity index (χ1) is 14.1. The van der Waals surface area contributed by atoms with E-state index < -0.39 is 0 Å². The van der Waals surface area contributed by atoms with Gasteiger partial charge in [0, 0.05) is 31.2 Å². The number of thioether (sulfide) groups is 1. The molecule has 2 atom stereocenters. The number of carbonyl (C=O) groups excluding carboxylic acids is 1. The molecule has 29 heavy (non-hydrogen) atoms. The molecule has 2 aliphatic heterocycles. The second kappa shape index (κ2) is 9.18. The van der Waals surface area contributed by atoms with Crippen molar-refractivity contribution in [3.63, 3.8) is 0 Å². The van der Waals surface area contributed by atoms with E-state index in [4.69, 9.17) is 0 Å². The average Bonchev–Trinajstić information content (AvgIpc) is 2.71. The van der Waals surface area contributed by atoms with Crippen LogP contribution in [0.2, 0.25) is 0 Å². The second-order valence-electron chi connectivity index (χ2n) is 8.22. The molecule has 1 aromatic carbocycles. The van der Waals surface area contributed by atoms with Gasteiger partial charge in [0.15, 0.2) is 0 Å². The minimum absolute atomic E-state index is 0.0517. The van der Waals surface area contributed by atoms with Crippen LogP contribution in [0.1, 0.15) is 30.0 Å². The first-order valence-electron chi connectivity index (χ1n) is 10.4. The van der Waals surface area contributed by atoms with Crippen molar-refractivity contribution < 1.29 is 4.79 Å². The SMILES string of the molecule is CSCC(=O)Nc1ccc2n(c1=O)C[C@H]1C[C@@H]2CN(CCCc2ccccc2)C1. The minimum Gasteiger partial charge on any atom is -0.321 e. The third-order valence-corrected chi connectivity index (χ3v) is 6.56. The van der Waals surface area contributed by atoms with Crippen molar-refractivity contribution in [2.75, 3.05) is 37.0 Å². The minimum atomic E-state index is -0.115. The fourth-order valence-electron chi connectivity index (χ4n) is 4.79. The molecule has 2 bridgehead atoms. The molecule has 4 rings (SSSR count). The molecule has 0 aliphatic carbocycles. The summed E-state index contributed by atoms with van der Waals surface area (Å²) in [5.74, 6) is 1.16. The Bertz CT molecular complexity index is 912. The molecule has 0 unspecified atom stereocenters. The molecule has 2 aromatic rings. The number of hydrogen-bond acceptors (Lipinski definition) is 4. The van der Waals surface area contributed by atoms with E-state index in [1.54, 1.807) is 6.07 Å². The highest BCUT2D eigenvalue weighted by Gasteiger charge is 2.34. The quantitative estimate of drug-likeness (QED) is 0.760. The summed E-state index contributed by atoms with van der Waals surface area (Å²) < 4.78 is 1.91. The maximum Gasteiger partial charge on any atom is 0.274 e. The fraction of sp³-hybridized carbons (Fsp3) is 0.478. The normalized spacial score (nSPS) is 20.9. The lowest BCUT2D eigenvalue weighted by Gasteiger charge is -2.43. The number of carbonyl (C=O) groups is 1. The summed E-state index contributed by atoms with van der Waals surface area (Å²) in [5.41, 5.74) is 2.89. The third kappa shape index (κ3) is 4.75. The number of fused-ring (bicyclic) bond motifs is 4. The first-order valence-corrected chi connectivity index (χ1v) is 11.8. The highest BCUT2D eigenvalue weighted by Crippen LogP contribution is 2.35. The molecule has 154 valence electrons. The van der Waals surface area contributed by atoms with Gasteiger partial charge in [0.25, 0.3) is 5.56 Å². The van der Waals surface area contributed by atoms with Crippen LogP contribution in [0.5, 0.6) is 0 Å². The van der Waals surface area contributed by atoms with Crippen LogP contribution in [0.3, 0.4) is 0 Å². The number of rotatable bonds is 7. The summed E-state index contributed by atoms with van der Waals surface area (Å²) in [6.45, 7) is 3.93. The number of nitrogens with zero attached hydrogens (tertiary/aromatic N) is 2. The average molecular weight is 412 g/mol. The largest absolute Gasteiger partial charge is 0.321 e. The monoisotopic (exact) mass is 411 g/mol. The Kier molecular flexibility index (Phi) is 6.40. The van der Waals surface area contributed by atoms with Gasteiger partial charge in [-0.2, -0.15) is 11.8 Å².